The molecule has 0 heterocycles. The number of rotatable bonds is 7. The van der Waals surface area contributed by atoms with E-state index in [1.807, 2.05) is 38.1 Å². The zero-order valence-corrected chi connectivity index (χ0v) is 11.1. The first kappa shape index (κ1) is 14.6. The van der Waals surface area contributed by atoms with Crippen LogP contribution in [0.1, 0.15) is 44.7 Å². The highest BCUT2D eigenvalue weighted by Crippen LogP contribution is 2.23. The van der Waals surface area contributed by atoms with Gasteiger partial charge in [0.2, 0.25) is 0 Å². The van der Waals surface area contributed by atoms with Gasteiger partial charge in [0, 0.05) is 12.5 Å². The first-order valence-electron chi connectivity index (χ1n) is 6.33. The second-order valence-electron chi connectivity index (χ2n) is 4.55. The zero-order chi connectivity index (χ0) is 13.4. The average molecular weight is 246 g/mol. The number of hydrazine groups is 1. The van der Waals surface area contributed by atoms with E-state index in [0.29, 0.717) is 0 Å². The SMILES string of the molecule is C#CCCCC(NN)c1cccc(OC(C)C)c1. The summed E-state index contributed by atoms with van der Waals surface area (Å²) >= 11 is 0. The highest BCUT2D eigenvalue weighted by atomic mass is 16.5. The maximum absolute atomic E-state index is 5.67. The highest BCUT2D eigenvalue weighted by Gasteiger charge is 2.10. The lowest BCUT2D eigenvalue weighted by molar-refractivity contribution is 0.242. The predicted molar refractivity (Wildman–Crippen MR) is 75.0 cm³/mol. The summed E-state index contributed by atoms with van der Waals surface area (Å²) in [6, 6.07) is 8.14. The van der Waals surface area contributed by atoms with Gasteiger partial charge >= 0.3 is 0 Å². The molecular formula is C15H22N2O. The number of ether oxygens (including phenoxy) is 1. The van der Waals surface area contributed by atoms with Gasteiger partial charge in [0.1, 0.15) is 5.75 Å². The molecule has 0 spiro atoms. The second kappa shape index (κ2) is 7.75. The Morgan fingerprint density at radius 2 is 2.22 bits per heavy atom. The summed E-state index contributed by atoms with van der Waals surface area (Å²) in [6.07, 6.45) is 8.08. The van der Waals surface area contributed by atoms with Crippen LogP contribution < -0.4 is 16.0 Å². The molecule has 0 bridgehead atoms. The molecule has 0 fully saturated rings. The Hall–Kier alpha value is -1.50. The van der Waals surface area contributed by atoms with Crippen molar-refractivity contribution in [1.29, 1.82) is 0 Å². The summed E-state index contributed by atoms with van der Waals surface area (Å²) < 4.78 is 5.67. The zero-order valence-electron chi connectivity index (χ0n) is 11.1. The van der Waals surface area contributed by atoms with E-state index >= 15 is 0 Å². The smallest absolute Gasteiger partial charge is 0.120 e. The van der Waals surface area contributed by atoms with Crippen LogP contribution in [0, 0.1) is 12.3 Å². The summed E-state index contributed by atoms with van der Waals surface area (Å²) in [4.78, 5) is 0. The van der Waals surface area contributed by atoms with Crippen molar-refractivity contribution in [3.05, 3.63) is 29.8 Å². The molecule has 1 aromatic rings. The largest absolute Gasteiger partial charge is 0.491 e. The molecule has 0 aliphatic carbocycles. The van der Waals surface area contributed by atoms with Crippen LogP contribution in [0.3, 0.4) is 0 Å². The van der Waals surface area contributed by atoms with Crippen molar-refractivity contribution in [3.8, 4) is 18.1 Å². The van der Waals surface area contributed by atoms with Gasteiger partial charge in [0.15, 0.2) is 0 Å². The van der Waals surface area contributed by atoms with Crippen LogP contribution in [0.2, 0.25) is 0 Å². The summed E-state index contributed by atoms with van der Waals surface area (Å²) in [5.74, 6) is 9.11. The number of hydrogen-bond donors (Lipinski definition) is 2. The second-order valence-corrected chi connectivity index (χ2v) is 4.55. The molecule has 1 unspecified atom stereocenters. The maximum atomic E-state index is 5.67. The standard InChI is InChI=1S/C15H22N2O/c1-4-5-6-10-15(17-16)13-8-7-9-14(11-13)18-12(2)3/h1,7-9,11-12,15,17H,5-6,10,16H2,2-3H3. The van der Waals surface area contributed by atoms with Crippen LogP contribution in [0.15, 0.2) is 24.3 Å². The van der Waals surface area contributed by atoms with Crippen LogP contribution >= 0.6 is 0 Å². The predicted octanol–water partition coefficient (Wildman–Crippen LogP) is 2.78. The minimum atomic E-state index is 0.120. The van der Waals surface area contributed by atoms with Gasteiger partial charge in [-0.2, -0.15) is 0 Å². The van der Waals surface area contributed by atoms with Gasteiger partial charge in [-0.3, -0.25) is 11.3 Å². The number of hydrogen-bond acceptors (Lipinski definition) is 3. The molecule has 3 heteroatoms. The van der Waals surface area contributed by atoms with Gasteiger partial charge in [-0.05, 0) is 44.4 Å². The molecule has 3 N–H and O–H groups in total. The summed E-state index contributed by atoms with van der Waals surface area (Å²) in [7, 11) is 0. The molecule has 0 aliphatic rings. The van der Waals surface area contributed by atoms with E-state index in [1.165, 1.54) is 0 Å². The van der Waals surface area contributed by atoms with Crippen LogP contribution in [0.4, 0.5) is 0 Å². The lowest BCUT2D eigenvalue weighted by atomic mass is 10.0. The van der Waals surface area contributed by atoms with Crippen molar-refractivity contribution in [3.63, 3.8) is 0 Å². The molecular weight excluding hydrogens is 224 g/mol. The number of terminal acetylenes is 1. The number of nitrogens with two attached hydrogens (primary N) is 1. The molecule has 1 aromatic carbocycles. The maximum Gasteiger partial charge on any atom is 0.120 e. The topological polar surface area (TPSA) is 47.3 Å². The summed E-state index contributed by atoms with van der Waals surface area (Å²) in [6.45, 7) is 4.02. The molecule has 0 aliphatic heterocycles. The van der Waals surface area contributed by atoms with E-state index in [4.69, 9.17) is 17.0 Å². The monoisotopic (exact) mass is 246 g/mol. The molecule has 98 valence electrons. The summed E-state index contributed by atoms with van der Waals surface area (Å²) in [5, 5.41) is 0. The lowest BCUT2D eigenvalue weighted by Gasteiger charge is -2.17. The van der Waals surface area contributed by atoms with Gasteiger partial charge in [0.25, 0.3) is 0 Å². The Bertz CT molecular complexity index is 396. The minimum absolute atomic E-state index is 0.120. The van der Waals surface area contributed by atoms with E-state index < -0.39 is 0 Å². The van der Waals surface area contributed by atoms with E-state index in [2.05, 4.69) is 11.3 Å². The molecule has 3 nitrogen and oxygen atoms in total. The van der Waals surface area contributed by atoms with Crippen molar-refractivity contribution < 1.29 is 4.74 Å². The van der Waals surface area contributed by atoms with Crippen molar-refractivity contribution in [2.75, 3.05) is 0 Å². The number of unbranched alkanes of at least 4 members (excludes halogenated alkanes) is 1. The quantitative estimate of drug-likeness (QED) is 0.336. The Labute approximate surface area is 110 Å². The number of nitrogens with one attached hydrogen (secondary N) is 1. The Balaban J connectivity index is 2.70. The molecule has 0 radical (unpaired) electrons. The minimum Gasteiger partial charge on any atom is -0.491 e. The van der Waals surface area contributed by atoms with E-state index in [-0.39, 0.29) is 12.1 Å². The van der Waals surface area contributed by atoms with Gasteiger partial charge in [-0.1, -0.05) is 12.1 Å². The van der Waals surface area contributed by atoms with Crippen molar-refractivity contribution >= 4 is 0 Å². The third kappa shape index (κ3) is 4.79. The fourth-order valence-electron chi connectivity index (χ4n) is 1.83. The summed E-state index contributed by atoms with van der Waals surface area (Å²) in [5.41, 5.74) is 3.97. The molecule has 1 atom stereocenters. The van der Waals surface area contributed by atoms with Gasteiger partial charge < -0.3 is 4.74 Å². The molecule has 1 rings (SSSR count). The Morgan fingerprint density at radius 3 is 2.83 bits per heavy atom. The van der Waals surface area contributed by atoms with Gasteiger partial charge in [0.05, 0.1) is 6.10 Å². The molecule has 18 heavy (non-hydrogen) atoms. The molecule has 0 saturated heterocycles. The Kier molecular flexibility index (Phi) is 6.27. The van der Waals surface area contributed by atoms with Gasteiger partial charge in [-0.15, -0.1) is 12.3 Å². The van der Waals surface area contributed by atoms with Crippen molar-refractivity contribution in [2.24, 2.45) is 5.84 Å². The van der Waals surface area contributed by atoms with Crippen molar-refractivity contribution in [2.45, 2.75) is 45.3 Å². The highest BCUT2D eigenvalue weighted by molar-refractivity contribution is 5.30. The van der Waals surface area contributed by atoms with Crippen molar-refractivity contribution in [1.82, 2.24) is 5.43 Å². The molecule has 0 saturated carbocycles. The van der Waals surface area contributed by atoms with E-state index in [9.17, 15) is 0 Å². The molecule has 0 aromatic heterocycles. The average Bonchev–Trinajstić information content (AvgIpc) is 2.34. The van der Waals surface area contributed by atoms with Gasteiger partial charge in [-0.25, -0.2) is 0 Å². The fraction of sp³-hybridized carbons (Fsp3) is 0.467. The molecule has 0 amide bonds. The third-order valence-electron chi connectivity index (χ3n) is 2.65. The number of benzene rings is 1. The van der Waals surface area contributed by atoms with Crippen LogP contribution in [-0.2, 0) is 0 Å². The van der Waals surface area contributed by atoms with Crippen LogP contribution in [0.25, 0.3) is 0 Å². The lowest BCUT2D eigenvalue weighted by Crippen LogP contribution is -2.28. The van der Waals surface area contributed by atoms with Crippen LogP contribution in [0.5, 0.6) is 5.75 Å². The van der Waals surface area contributed by atoms with E-state index in [1.54, 1.807) is 0 Å². The van der Waals surface area contributed by atoms with Crippen LogP contribution in [-0.4, -0.2) is 6.10 Å². The fourth-order valence-corrected chi connectivity index (χ4v) is 1.83. The third-order valence-corrected chi connectivity index (χ3v) is 2.65. The Morgan fingerprint density at radius 1 is 1.44 bits per heavy atom. The first-order chi connectivity index (χ1) is 8.67. The normalized spacial score (nSPS) is 12.2. The first-order valence-corrected chi connectivity index (χ1v) is 6.33. The van der Waals surface area contributed by atoms with E-state index in [0.717, 1.165) is 30.6 Å².